The largest absolute Gasteiger partial charge is 0.382 e. The molecule has 0 aliphatic heterocycles. The average molecular weight is 281 g/mol. The van der Waals surface area contributed by atoms with Crippen molar-refractivity contribution in [1.82, 2.24) is 5.32 Å². The van der Waals surface area contributed by atoms with Crippen molar-refractivity contribution in [2.24, 2.45) is 0 Å². The molecule has 0 aliphatic rings. The van der Waals surface area contributed by atoms with Crippen LogP contribution < -0.4 is 5.32 Å². The van der Waals surface area contributed by atoms with Crippen molar-refractivity contribution in [1.29, 1.82) is 0 Å². The summed E-state index contributed by atoms with van der Waals surface area (Å²) >= 11 is 0. The molecule has 20 heavy (non-hydrogen) atoms. The number of hydrogen-bond donors (Lipinski definition) is 1. The molecule has 114 valence electrons. The van der Waals surface area contributed by atoms with Crippen molar-refractivity contribution in [3.8, 4) is 0 Å². The van der Waals surface area contributed by atoms with Crippen molar-refractivity contribution in [3.05, 3.63) is 35.6 Å². The maximum atomic E-state index is 14.0. The van der Waals surface area contributed by atoms with E-state index < -0.39 is 0 Å². The van der Waals surface area contributed by atoms with Crippen molar-refractivity contribution in [3.63, 3.8) is 0 Å². The van der Waals surface area contributed by atoms with Gasteiger partial charge in [0.25, 0.3) is 0 Å². The van der Waals surface area contributed by atoms with E-state index in [4.69, 9.17) is 4.74 Å². The third-order valence-corrected chi connectivity index (χ3v) is 3.27. The lowest BCUT2D eigenvalue weighted by Crippen LogP contribution is -2.38. The summed E-state index contributed by atoms with van der Waals surface area (Å²) in [6.07, 6.45) is 1.89. The molecule has 1 unspecified atom stereocenters. The van der Waals surface area contributed by atoms with E-state index in [2.05, 4.69) is 26.1 Å². The van der Waals surface area contributed by atoms with Gasteiger partial charge in [0.1, 0.15) is 5.82 Å². The summed E-state index contributed by atoms with van der Waals surface area (Å²) in [5.74, 6) is 0.0838. The summed E-state index contributed by atoms with van der Waals surface area (Å²) in [7, 11) is 0. The summed E-state index contributed by atoms with van der Waals surface area (Å²) in [6.45, 7) is 10.7. The third kappa shape index (κ3) is 6.49. The highest BCUT2D eigenvalue weighted by molar-refractivity contribution is 5.22. The van der Waals surface area contributed by atoms with Crippen LogP contribution in [0.5, 0.6) is 0 Å². The van der Waals surface area contributed by atoms with Crippen LogP contribution >= 0.6 is 0 Å². The zero-order valence-corrected chi connectivity index (χ0v) is 13.2. The molecule has 3 heteroatoms. The van der Waals surface area contributed by atoms with E-state index in [0.717, 1.165) is 38.2 Å². The molecule has 1 aromatic rings. The molecule has 0 aromatic heterocycles. The van der Waals surface area contributed by atoms with Crippen LogP contribution in [0.3, 0.4) is 0 Å². The van der Waals surface area contributed by atoms with Crippen LogP contribution in [0.15, 0.2) is 24.3 Å². The minimum Gasteiger partial charge on any atom is -0.382 e. The number of nitrogens with one attached hydrogen (secondary N) is 1. The first-order valence-electron chi connectivity index (χ1n) is 7.51. The standard InChI is InChI=1S/C17H28FNO/c1-5-20-12-8-9-14(13-19-17(2,3)4)15-10-6-7-11-16(15)18/h6-7,10-11,14,19H,5,8-9,12-13H2,1-4H3. The Hall–Kier alpha value is -0.930. The van der Waals surface area contributed by atoms with Crippen LogP contribution in [0.2, 0.25) is 0 Å². The summed E-state index contributed by atoms with van der Waals surface area (Å²) in [5.41, 5.74) is 0.851. The molecule has 0 amide bonds. The number of benzene rings is 1. The topological polar surface area (TPSA) is 21.3 Å². The highest BCUT2D eigenvalue weighted by atomic mass is 19.1. The van der Waals surface area contributed by atoms with Gasteiger partial charge in [-0.25, -0.2) is 4.39 Å². The molecule has 0 bridgehead atoms. The van der Waals surface area contributed by atoms with Crippen LogP contribution in [-0.2, 0) is 4.74 Å². The van der Waals surface area contributed by atoms with Gasteiger partial charge in [0, 0.05) is 25.3 Å². The summed E-state index contributed by atoms with van der Waals surface area (Å²) in [4.78, 5) is 0. The summed E-state index contributed by atoms with van der Waals surface area (Å²) in [6, 6.07) is 7.09. The Morgan fingerprint density at radius 3 is 2.55 bits per heavy atom. The smallest absolute Gasteiger partial charge is 0.126 e. The van der Waals surface area contributed by atoms with Crippen molar-refractivity contribution >= 4 is 0 Å². The van der Waals surface area contributed by atoms with E-state index in [9.17, 15) is 4.39 Å². The Bertz CT molecular complexity index is 387. The van der Waals surface area contributed by atoms with E-state index in [-0.39, 0.29) is 17.3 Å². The lowest BCUT2D eigenvalue weighted by atomic mass is 9.92. The van der Waals surface area contributed by atoms with Gasteiger partial charge in [-0.3, -0.25) is 0 Å². The first-order valence-corrected chi connectivity index (χ1v) is 7.51. The Labute approximate surface area is 122 Å². The molecule has 1 N–H and O–H groups in total. The second-order valence-electron chi connectivity index (χ2n) is 6.19. The second kappa shape index (κ2) is 8.38. The van der Waals surface area contributed by atoms with Crippen LogP contribution in [0.4, 0.5) is 4.39 Å². The Morgan fingerprint density at radius 1 is 1.25 bits per heavy atom. The van der Waals surface area contributed by atoms with Gasteiger partial charge < -0.3 is 10.1 Å². The molecule has 1 aromatic carbocycles. The zero-order chi connectivity index (χ0) is 15.0. The van der Waals surface area contributed by atoms with Crippen LogP contribution in [0.1, 0.15) is 52.0 Å². The normalized spacial score (nSPS) is 13.4. The van der Waals surface area contributed by atoms with Gasteiger partial charge in [-0.05, 0) is 58.1 Å². The molecule has 0 saturated carbocycles. The van der Waals surface area contributed by atoms with Gasteiger partial charge in [-0.2, -0.15) is 0 Å². The van der Waals surface area contributed by atoms with Gasteiger partial charge in [-0.15, -0.1) is 0 Å². The van der Waals surface area contributed by atoms with Gasteiger partial charge in [0.15, 0.2) is 0 Å². The number of halogens is 1. The van der Waals surface area contributed by atoms with Crippen LogP contribution in [0, 0.1) is 5.82 Å². The maximum absolute atomic E-state index is 14.0. The fourth-order valence-corrected chi connectivity index (χ4v) is 2.18. The van der Waals surface area contributed by atoms with Crippen molar-refractivity contribution in [2.75, 3.05) is 19.8 Å². The van der Waals surface area contributed by atoms with Crippen molar-refractivity contribution in [2.45, 2.75) is 52.0 Å². The molecular formula is C17H28FNO. The monoisotopic (exact) mass is 281 g/mol. The lowest BCUT2D eigenvalue weighted by Gasteiger charge is -2.26. The first-order chi connectivity index (χ1) is 9.44. The number of hydrogen-bond acceptors (Lipinski definition) is 2. The highest BCUT2D eigenvalue weighted by Crippen LogP contribution is 2.24. The van der Waals surface area contributed by atoms with Gasteiger partial charge in [0.05, 0.1) is 0 Å². The Balaban J connectivity index is 2.66. The van der Waals surface area contributed by atoms with Gasteiger partial charge in [-0.1, -0.05) is 18.2 Å². The molecule has 0 heterocycles. The molecule has 0 radical (unpaired) electrons. The number of ether oxygens (including phenoxy) is 1. The predicted molar refractivity (Wildman–Crippen MR) is 82.6 cm³/mol. The van der Waals surface area contributed by atoms with Gasteiger partial charge in [0.2, 0.25) is 0 Å². The van der Waals surface area contributed by atoms with E-state index in [0.29, 0.717) is 0 Å². The molecule has 0 aliphatic carbocycles. The molecule has 1 atom stereocenters. The fraction of sp³-hybridized carbons (Fsp3) is 0.647. The number of rotatable bonds is 8. The van der Waals surface area contributed by atoms with Crippen molar-refractivity contribution < 1.29 is 9.13 Å². The quantitative estimate of drug-likeness (QED) is 0.724. The molecule has 2 nitrogen and oxygen atoms in total. The molecule has 0 saturated heterocycles. The highest BCUT2D eigenvalue weighted by Gasteiger charge is 2.18. The Morgan fingerprint density at radius 2 is 1.95 bits per heavy atom. The minimum absolute atomic E-state index is 0.0451. The third-order valence-electron chi connectivity index (χ3n) is 3.27. The predicted octanol–water partition coefficient (Wildman–Crippen LogP) is 4.11. The molecular weight excluding hydrogens is 253 g/mol. The van der Waals surface area contributed by atoms with E-state index in [1.165, 1.54) is 0 Å². The fourth-order valence-electron chi connectivity index (χ4n) is 2.18. The minimum atomic E-state index is -0.107. The lowest BCUT2D eigenvalue weighted by molar-refractivity contribution is 0.141. The molecule has 1 rings (SSSR count). The summed E-state index contributed by atoms with van der Waals surface area (Å²) < 4.78 is 19.4. The maximum Gasteiger partial charge on any atom is 0.126 e. The van der Waals surface area contributed by atoms with E-state index in [1.54, 1.807) is 12.1 Å². The first kappa shape index (κ1) is 17.1. The average Bonchev–Trinajstić information content (AvgIpc) is 2.38. The van der Waals surface area contributed by atoms with E-state index in [1.807, 2.05) is 19.1 Å². The van der Waals surface area contributed by atoms with E-state index >= 15 is 0 Å². The molecule has 0 fully saturated rings. The summed E-state index contributed by atoms with van der Waals surface area (Å²) in [5, 5.41) is 3.48. The van der Waals surface area contributed by atoms with Crippen LogP contribution in [-0.4, -0.2) is 25.3 Å². The van der Waals surface area contributed by atoms with Gasteiger partial charge >= 0.3 is 0 Å². The second-order valence-corrected chi connectivity index (χ2v) is 6.19. The Kier molecular flexibility index (Phi) is 7.17. The zero-order valence-electron chi connectivity index (χ0n) is 13.2. The molecule has 0 spiro atoms. The SMILES string of the molecule is CCOCCCC(CNC(C)(C)C)c1ccccc1F. The van der Waals surface area contributed by atoms with Crippen LogP contribution in [0.25, 0.3) is 0 Å².